The van der Waals surface area contributed by atoms with E-state index in [0.29, 0.717) is 51.0 Å². The molecule has 3 heterocycles. The van der Waals surface area contributed by atoms with Crippen LogP contribution in [-0.4, -0.2) is 42.0 Å². The van der Waals surface area contributed by atoms with Gasteiger partial charge in [0.2, 0.25) is 5.91 Å². The number of halogens is 2. The Morgan fingerprint density at radius 2 is 2.02 bits per heavy atom. The fraction of sp³-hybridized carbons (Fsp3) is 0.312. The third-order valence-corrected chi connectivity index (χ3v) is 8.49. The molecule has 2 aromatic carbocycles. The van der Waals surface area contributed by atoms with Crippen LogP contribution in [0.2, 0.25) is 5.02 Å². The van der Waals surface area contributed by atoms with Crippen molar-refractivity contribution in [2.45, 2.75) is 43.9 Å². The van der Waals surface area contributed by atoms with E-state index in [1.165, 1.54) is 17.7 Å². The molecule has 6 rings (SSSR count). The molecule has 1 fully saturated rings. The summed E-state index contributed by atoms with van der Waals surface area (Å²) in [6.45, 7) is 3.94. The molecule has 2 aromatic heterocycles. The smallest absolute Gasteiger partial charge is 0.251 e. The van der Waals surface area contributed by atoms with E-state index in [1.807, 2.05) is 19.2 Å². The minimum Gasteiger partial charge on any atom is -0.494 e. The lowest BCUT2D eigenvalue weighted by molar-refractivity contribution is -0.123. The van der Waals surface area contributed by atoms with Crippen LogP contribution in [0.4, 0.5) is 4.39 Å². The number of hydrogen-bond acceptors (Lipinski definition) is 6. The van der Waals surface area contributed by atoms with Crippen molar-refractivity contribution in [1.82, 2.24) is 15.3 Å². The Balaban J connectivity index is 1.30. The van der Waals surface area contributed by atoms with Crippen LogP contribution in [0.25, 0.3) is 22.2 Å². The number of nitrogens with one attached hydrogen (secondary N) is 1. The van der Waals surface area contributed by atoms with Gasteiger partial charge in [-0.15, -0.1) is 0 Å². The number of nitrogens with two attached hydrogens (primary N) is 1. The number of benzene rings is 2. The number of fused-ring (bicyclic) bond motifs is 2. The van der Waals surface area contributed by atoms with Crippen LogP contribution in [0.1, 0.15) is 65.7 Å². The van der Waals surface area contributed by atoms with E-state index < -0.39 is 17.1 Å². The Hall–Kier alpha value is -4.24. The molecule has 10 heteroatoms. The zero-order valence-electron chi connectivity index (χ0n) is 23.5. The number of carbonyl (C=O) groups is 2. The van der Waals surface area contributed by atoms with E-state index in [9.17, 15) is 14.0 Å². The first kappa shape index (κ1) is 27.9. The molecule has 0 spiro atoms. The van der Waals surface area contributed by atoms with Crippen molar-refractivity contribution in [2.75, 3.05) is 20.3 Å². The minimum atomic E-state index is -1.08. The number of nitrogens with zero attached hydrogens (tertiary/aromatic N) is 2. The number of primary amides is 1. The number of hydrogen-bond donors (Lipinski definition) is 2. The maximum Gasteiger partial charge on any atom is 0.251 e. The Kier molecular flexibility index (Phi) is 7.01. The van der Waals surface area contributed by atoms with Crippen LogP contribution < -0.4 is 20.5 Å². The molecule has 4 aromatic rings. The quantitative estimate of drug-likeness (QED) is 0.275. The maximum atomic E-state index is 13.9. The number of ether oxygens (including phenoxy) is 2. The lowest BCUT2D eigenvalue weighted by Gasteiger charge is -2.21. The Labute approximate surface area is 247 Å². The Morgan fingerprint density at radius 1 is 1.24 bits per heavy atom. The third kappa shape index (κ3) is 4.91. The SMILES string of the molecule is COc1cc(C(=O)NC[C@@H](C)c2cc3c(c(-c4ccc(F)c(Cl)c4)n2)OC[C@]3(C)C(N)=O)cc2cc(C3CC3)cnc12. The first-order valence-electron chi connectivity index (χ1n) is 13.8. The van der Waals surface area contributed by atoms with Gasteiger partial charge in [-0.1, -0.05) is 18.5 Å². The highest BCUT2D eigenvalue weighted by molar-refractivity contribution is 6.31. The average molecular weight is 589 g/mol. The summed E-state index contributed by atoms with van der Waals surface area (Å²) in [5.41, 5.74) is 9.19. The van der Waals surface area contributed by atoms with E-state index in [4.69, 9.17) is 31.8 Å². The van der Waals surface area contributed by atoms with E-state index in [2.05, 4.69) is 16.4 Å². The van der Waals surface area contributed by atoms with Crippen molar-refractivity contribution in [3.8, 4) is 22.8 Å². The summed E-state index contributed by atoms with van der Waals surface area (Å²) in [6, 6.07) is 11.7. The van der Waals surface area contributed by atoms with E-state index >= 15 is 0 Å². The zero-order chi connectivity index (χ0) is 29.8. The van der Waals surface area contributed by atoms with E-state index in [1.54, 1.807) is 32.2 Å². The average Bonchev–Trinajstić information content (AvgIpc) is 3.78. The van der Waals surface area contributed by atoms with Crippen molar-refractivity contribution in [2.24, 2.45) is 5.73 Å². The number of pyridine rings is 2. The largest absolute Gasteiger partial charge is 0.494 e. The van der Waals surface area contributed by atoms with Gasteiger partial charge in [-0.2, -0.15) is 0 Å². The first-order valence-corrected chi connectivity index (χ1v) is 14.2. The minimum absolute atomic E-state index is 0.0525. The lowest BCUT2D eigenvalue weighted by atomic mass is 9.82. The lowest BCUT2D eigenvalue weighted by Crippen LogP contribution is -2.39. The van der Waals surface area contributed by atoms with Gasteiger partial charge < -0.3 is 20.5 Å². The normalized spacial score (nSPS) is 18.3. The van der Waals surface area contributed by atoms with Crippen molar-refractivity contribution in [3.63, 3.8) is 0 Å². The highest BCUT2D eigenvalue weighted by Gasteiger charge is 2.44. The molecule has 1 saturated carbocycles. The molecule has 2 amide bonds. The van der Waals surface area contributed by atoms with Gasteiger partial charge in [0.05, 0.1) is 12.1 Å². The molecule has 1 aliphatic carbocycles. The van der Waals surface area contributed by atoms with Crippen LogP contribution in [-0.2, 0) is 10.2 Å². The molecule has 2 aliphatic rings. The molecule has 8 nitrogen and oxygen atoms in total. The van der Waals surface area contributed by atoms with Gasteiger partial charge in [0.15, 0.2) is 0 Å². The second-order valence-electron chi connectivity index (χ2n) is 11.3. The molecule has 0 saturated heterocycles. The number of amides is 2. The molecule has 3 N–H and O–H groups in total. The molecule has 0 unspecified atom stereocenters. The number of carbonyl (C=O) groups excluding carboxylic acids is 2. The van der Waals surface area contributed by atoms with Gasteiger partial charge in [0.25, 0.3) is 5.91 Å². The fourth-order valence-corrected chi connectivity index (χ4v) is 5.49. The topological polar surface area (TPSA) is 116 Å². The van der Waals surface area contributed by atoms with Crippen LogP contribution in [0.3, 0.4) is 0 Å². The summed E-state index contributed by atoms with van der Waals surface area (Å²) in [7, 11) is 1.56. The van der Waals surface area contributed by atoms with Gasteiger partial charge in [0.1, 0.15) is 40.5 Å². The van der Waals surface area contributed by atoms with Gasteiger partial charge in [0, 0.05) is 46.4 Å². The van der Waals surface area contributed by atoms with Crippen LogP contribution in [0.5, 0.6) is 11.5 Å². The fourth-order valence-electron chi connectivity index (χ4n) is 5.31. The second-order valence-corrected chi connectivity index (χ2v) is 11.7. The van der Waals surface area contributed by atoms with Gasteiger partial charge in [-0.3, -0.25) is 14.6 Å². The molecule has 2 atom stereocenters. The standard InChI is InChI=1S/C32H30ClFN4O4/c1-16(13-37-30(39)20-8-19-9-21(17-4-5-17)14-36-27(19)26(11-20)41-3)25-12-22-29(42-15-32(22,2)31(35)40)28(38-25)18-6-7-24(34)23(33)10-18/h6-12,14,16-17H,4-5,13,15H2,1-3H3,(H2,35,40)(H,37,39)/t16-,32+/m1/s1. The molecule has 0 bridgehead atoms. The summed E-state index contributed by atoms with van der Waals surface area (Å²) in [6.07, 6.45) is 4.19. The van der Waals surface area contributed by atoms with Gasteiger partial charge >= 0.3 is 0 Å². The molecular formula is C32H30ClFN4O4. The van der Waals surface area contributed by atoms with Crippen molar-refractivity contribution < 1.29 is 23.5 Å². The number of aromatic nitrogens is 2. The Morgan fingerprint density at radius 3 is 2.71 bits per heavy atom. The monoisotopic (exact) mass is 588 g/mol. The summed E-state index contributed by atoms with van der Waals surface area (Å²) in [5.74, 6) is -0.163. The summed E-state index contributed by atoms with van der Waals surface area (Å²) < 4.78 is 25.4. The number of methoxy groups -OCH3 is 1. The van der Waals surface area contributed by atoms with E-state index in [-0.39, 0.29) is 30.0 Å². The highest BCUT2D eigenvalue weighted by Crippen LogP contribution is 2.45. The van der Waals surface area contributed by atoms with Crippen LogP contribution >= 0.6 is 11.6 Å². The first-order chi connectivity index (χ1) is 20.1. The maximum absolute atomic E-state index is 13.9. The van der Waals surface area contributed by atoms with Crippen molar-refractivity contribution in [3.05, 3.63) is 81.9 Å². The third-order valence-electron chi connectivity index (χ3n) is 8.20. The molecular weight excluding hydrogens is 559 g/mol. The van der Waals surface area contributed by atoms with Crippen molar-refractivity contribution >= 4 is 34.3 Å². The van der Waals surface area contributed by atoms with Crippen LogP contribution in [0.15, 0.2) is 48.7 Å². The molecule has 42 heavy (non-hydrogen) atoms. The van der Waals surface area contributed by atoms with Gasteiger partial charge in [-0.05, 0) is 73.7 Å². The van der Waals surface area contributed by atoms with Crippen LogP contribution in [0, 0.1) is 5.82 Å². The summed E-state index contributed by atoms with van der Waals surface area (Å²) in [4.78, 5) is 35.2. The highest BCUT2D eigenvalue weighted by atomic mass is 35.5. The van der Waals surface area contributed by atoms with E-state index in [0.717, 1.165) is 18.2 Å². The van der Waals surface area contributed by atoms with Gasteiger partial charge in [-0.25, -0.2) is 9.37 Å². The molecule has 216 valence electrons. The summed E-state index contributed by atoms with van der Waals surface area (Å²) in [5, 5.41) is 3.79. The zero-order valence-corrected chi connectivity index (χ0v) is 24.2. The predicted molar refractivity (Wildman–Crippen MR) is 158 cm³/mol. The molecule has 0 radical (unpaired) electrons. The second kappa shape index (κ2) is 10.5. The Bertz CT molecular complexity index is 1760. The molecule has 1 aliphatic heterocycles. The summed E-state index contributed by atoms with van der Waals surface area (Å²) >= 11 is 6.07. The number of rotatable bonds is 8. The van der Waals surface area contributed by atoms with Crippen molar-refractivity contribution in [1.29, 1.82) is 0 Å². The predicted octanol–water partition coefficient (Wildman–Crippen LogP) is 5.64.